The van der Waals surface area contributed by atoms with E-state index in [1.807, 2.05) is 55.7 Å². The molecular formula is C22H23N3O. The van der Waals surface area contributed by atoms with E-state index in [1.54, 1.807) is 23.2 Å². The quantitative estimate of drug-likeness (QED) is 0.510. The van der Waals surface area contributed by atoms with Crippen molar-refractivity contribution in [2.24, 2.45) is 7.05 Å². The number of nitrogens with zero attached hydrogens (tertiary/aromatic N) is 3. The molecule has 4 heteroatoms. The molecule has 0 fully saturated rings. The Morgan fingerprint density at radius 1 is 1.04 bits per heavy atom. The Hall–Kier alpha value is -3.01. The molecule has 132 valence electrons. The van der Waals surface area contributed by atoms with Gasteiger partial charge < -0.3 is 0 Å². The molecule has 0 unspecified atom stereocenters. The molecule has 4 nitrogen and oxygen atoms in total. The predicted octanol–water partition coefficient (Wildman–Crippen LogP) is 4.68. The maximum Gasteiger partial charge on any atom is 0.185 e. The van der Waals surface area contributed by atoms with Gasteiger partial charge in [0.1, 0.15) is 0 Å². The third kappa shape index (κ3) is 3.97. The number of ketones is 1. The third-order valence-corrected chi connectivity index (χ3v) is 4.26. The Morgan fingerprint density at radius 2 is 1.69 bits per heavy atom. The standard InChI is InChI=1S/C22H23N3O/c1-22(2,3)19-8-5-16(6-9-19)20(26)10-7-18-15-25(4)24-21(18)17-11-13-23-14-12-17/h5-15H,1-4H3/b10-7+. The van der Waals surface area contributed by atoms with E-state index in [-0.39, 0.29) is 11.2 Å². The van der Waals surface area contributed by atoms with E-state index in [4.69, 9.17) is 0 Å². The van der Waals surface area contributed by atoms with Gasteiger partial charge in [-0.3, -0.25) is 14.5 Å². The molecule has 1 aromatic carbocycles. The number of aryl methyl sites for hydroxylation is 1. The van der Waals surface area contributed by atoms with Gasteiger partial charge in [-0.05, 0) is 35.3 Å². The predicted molar refractivity (Wildman–Crippen MR) is 105 cm³/mol. The van der Waals surface area contributed by atoms with Crippen LogP contribution in [0.4, 0.5) is 0 Å². The van der Waals surface area contributed by atoms with Gasteiger partial charge in [0.15, 0.2) is 5.78 Å². The first-order valence-electron chi connectivity index (χ1n) is 8.61. The summed E-state index contributed by atoms with van der Waals surface area (Å²) in [7, 11) is 1.87. The summed E-state index contributed by atoms with van der Waals surface area (Å²) in [5.41, 5.74) is 4.68. The Bertz CT molecular complexity index is 930. The van der Waals surface area contributed by atoms with Crippen molar-refractivity contribution < 1.29 is 4.79 Å². The summed E-state index contributed by atoms with van der Waals surface area (Å²) >= 11 is 0. The lowest BCUT2D eigenvalue weighted by atomic mass is 9.86. The van der Waals surface area contributed by atoms with E-state index in [2.05, 4.69) is 30.9 Å². The van der Waals surface area contributed by atoms with Gasteiger partial charge in [-0.25, -0.2) is 0 Å². The molecule has 0 spiro atoms. The molecule has 26 heavy (non-hydrogen) atoms. The molecule has 0 aliphatic rings. The van der Waals surface area contributed by atoms with Gasteiger partial charge in [-0.2, -0.15) is 5.10 Å². The van der Waals surface area contributed by atoms with Crippen molar-refractivity contribution in [1.82, 2.24) is 14.8 Å². The summed E-state index contributed by atoms with van der Waals surface area (Å²) in [6.07, 6.45) is 8.80. The molecular weight excluding hydrogens is 322 g/mol. The van der Waals surface area contributed by atoms with Gasteiger partial charge in [0.25, 0.3) is 0 Å². The first-order valence-corrected chi connectivity index (χ1v) is 8.61. The molecule has 0 bridgehead atoms. The van der Waals surface area contributed by atoms with Gasteiger partial charge in [-0.15, -0.1) is 0 Å². The SMILES string of the molecule is Cn1cc(/C=C/C(=O)c2ccc(C(C)(C)C)cc2)c(-c2ccncc2)n1. The van der Waals surface area contributed by atoms with Crippen LogP contribution in [0.2, 0.25) is 0 Å². The van der Waals surface area contributed by atoms with Crippen molar-refractivity contribution in [2.45, 2.75) is 26.2 Å². The fourth-order valence-electron chi connectivity index (χ4n) is 2.76. The molecule has 2 heterocycles. The Kier molecular flexibility index (Phi) is 4.85. The minimum atomic E-state index is -0.0185. The average Bonchev–Trinajstić information content (AvgIpc) is 3.00. The minimum absolute atomic E-state index is 0.0185. The van der Waals surface area contributed by atoms with Crippen molar-refractivity contribution in [1.29, 1.82) is 0 Å². The summed E-state index contributed by atoms with van der Waals surface area (Å²) in [5, 5.41) is 4.50. The van der Waals surface area contributed by atoms with Crippen LogP contribution in [-0.2, 0) is 12.5 Å². The Labute approximate surface area is 154 Å². The van der Waals surface area contributed by atoms with Crippen LogP contribution >= 0.6 is 0 Å². The zero-order valence-corrected chi connectivity index (χ0v) is 15.6. The number of allylic oxidation sites excluding steroid dienone is 1. The van der Waals surface area contributed by atoms with E-state index in [9.17, 15) is 4.79 Å². The maximum atomic E-state index is 12.5. The number of hydrogen-bond acceptors (Lipinski definition) is 3. The molecule has 2 aromatic heterocycles. The number of rotatable bonds is 4. The van der Waals surface area contributed by atoms with Crippen molar-refractivity contribution >= 4 is 11.9 Å². The average molecular weight is 345 g/mol. The monoisotopic (exact) mass is 345 g/mol. The van der Waals surface area contributed by atoms with Gasteiger partial charge in [0, 0.05) is 42.3 Å². The molecule has 3 rings (SSSR count). The van der Waals surface area contributed by atoms with Crippen LogP contribution in [0.3, 0.4) is 0 Å². The second-order valence-corrected chi connectivity index (χ2v) is 7.37. The van der Waals surface area contributed by atoms with Crippen molar-refractivity contribution in [3.05, 3.63) is 77.8 Å². The number of pyridine rings is 1. The van der Waals surface area contributed by atoms with Crippen LogP contribution < -0.4 is 0 Å². The summed E-state index contributed by atoms with van der Waals surface area (Å²) in [6.45, 7) is 6.48. The number of hydrogen-bond donors (Lipinski definition) is 0. The van der Waals surface area contributed by atoms with Crippen LogP contribution in [0, 0.1) is 0 Å². The normalized spacial score (nSPS) is 11.8. The topological polar surface area (TPSA) is 47.8 Å². The lowest BCUT2D eigenvalue weighted by Gasteiger charge is -2.18. The third-order valence-electron chi connectivity index (χ3n) is 4.26. The van der Waals surface area contributed by atoms with Crippen LogP contribution in [-0.4, -0.2) is 20.5 Å². The van der Waals surface area contributed by atoms with E-state index in [1.165, 1.54) is 5.56 Å². The zero-order chi connectivity index (χ0) is 18.7. The van der Waals surface area contributed by atoms with E-state index < -0.39 is 0 Å². The van der Waals surface area contributed by atoms with Gasteiger partial charge in [0.2, 0.25) is 0 Å². The molecule has 0 radical (unpaired) electrons. The molecule has 0 atom stereocenters. The smallest absolute Gasteiger partial charge is 0.185 e. The second kappa shape index (κ2) is 7.08. The van der Waals surface area contributed by atoms with E-state index in [0.717, 1.165) is 16.8 Å². The summed E-state index contributed by atoms with van der Waals surface area (Å²) < 4.78 is 1.75. The van der Waals surface area contributed by atoms with Crippen LogP contribution in [0.25, 0.3) is 17.3 Å². The largest absolute Gasteiger partial charge is 0.289 e. The summed E-state index contributed by atoms with van der Waals surface area (Å²) in [6, 6.07) is 11.6. The molecule has 0 saturated carbocycles. The van der Waals surface area contributed by atoms with Crippen LogP contribution in [0.5, 0.6) is 0 Å². The first kappa shape index (κ1) is 17.8. The number of benzene rings is 1. The van der Waals surface area contributed by atoms with Crippen LogP contribution in [0.1, 0.15) is 42.3 Å². The van der Waals surface area contributed by atoms with Crippen LogP contribution in [0.15, 0.2) is 61.1 Å². The van der Waals surface area contributed by atoms with Crippen molar-refractivity contribution in [3.8, 4) is 11.3 Å². The minimum Gasteiger partial charge on any atom is -0.289 e. The summed E-state index contributed by atoms with van der Waals surface area (Å²) in [4.78, 5) is 16.5. The Morgan fingerprint density at radius 3 is 2.31 bits per heavy atom. The zero-order valence-electron chi connectivity index (χ0n) is 15.6. The van der Waals surface area contributed by atoms with Crippen molar-refractivity contribution in [2.75, 3.05) is 0 Å². The lowest BCUT2D eigenvalue weighted by molar-refractivity contribution is 0.104. The molecule has 0 saturated heterocycles. The maximum absolute atomic E-state index is 12.5. The molecule has 0 N–H and O–H groups in total. The highest BCUT2D eigenvalue weighted by molar-refractivity contribution is 6.07. The highest BCUT2D eigenvalue weighted by Gasteiger charge is 2.14. The van der Waals surface area contributed by atoms with E-state index >= 15 is 0 Å². The first-order chi connectivity index (χ1) is 12.3. The summed E-state index contributed by atoms with van der Waals surface area (Å²) in [5.74, 6) is -0.0185. The number of aromatic nitrogens is 3. The Balaban J connectivity index is 1.83. The van der Waals surface area contributed by atoms with Gasteiger partial charge in [-0.1, -0.05) is 45.0 Å². The second-order valence-electron chi connectivity index (χ2n) is 7.37. The fraction of sp³-hybridized carbons (Fsp3) is 0.227. The number of carbonyl (C=O) groups is 1. The molecule has 3 aromatic rings. The molecule has 0 aliphatic carbocycles. The van der Waals surface area contributed by atoms with Crippen molar-refractivity contribution in [3.63, 3.8) is 0 Å². The highest BCUT2D eigenvalue weighted by Crippen LogP contribution is 2.24. The van der Waals surface area contributed by atoms with Gasteiger partial charge >= 0.3 is 0 Å². The van der Waals surface area contributed by atoms with E-state index in [0.29, 0.717) is 5.56 Å². The number of carbonyl (C=O) groups excluding carboxylic acids is 1. The lowest BCUT2D eigenvalue weighted by Crippen LogP contribution is -2.11. The molecule has 0 amide bonds. The van der Waals surface area contributed by atoms with Gasteiger partial charge in [0.05, 0.1) is 5.69 Å². The highest BCUT2D eigenvalue weighted by atomic mass is 16.1. The molecule has 0 aliphatic heterocycles. The fourth-order valence-corrected chi connectivity index (χ4v) is 2.76.